The normalized spacial score (nSPS) is 18.4. The van der Waals surface area contributed by atoms with Crippen LogP contribution in [0.1, 0.15) is 31.2 Å². The number of aromatic nitrogens is 2. The third kappa shape index (κ3) is 7.05. The lowest BCUT2D eigenvalue weighted by atomic mass is 9.71. The summed E-state index contributed by atoms with van der Waals surface area (Å²) in [6.45, 7) is 5.62. The Bertz CT molecular complexity index is 876. The number of anilines is 1. The van der Waals surface area contributed by atoms with Crippen LogP contribution in [0.3, 0.4) is 0 Å². The van der Waals surface area contributed by atoms with E-state index in [1.54, 1.807) is 7.11 Å². The molecule has 0 unspecified atom stereocenters. The van der Waals surface area contributed by atoms with Crippen molar-refractivity contribution in [2.45, 2.75) is 38.4 Å². The molecule has 180 valence electrons. The van der Waals surface area contributed by atoms with E-state index in [0.29, 0.717) is 5.41 Å². The number of halogens is 3. The topological polar surface area (TPSA) is 78.8 Å². The maximum atomic E-state index is 10.6. The largest absolute Gasteiger partial charge is 0.497 e. The second-order valence-corrected chi connectivity index (χ2v) is 8.46. The van der Waals surface area contributed by atoms with Crippen molar-refractivity contribution in [1.82, 2.24) is 14.9 Å². The molecule has 0 bridgehead atoms. The lowest BCUT2D eigenvalue weighted by Gasteiger charge is -2.47. The molecule has 1 N–H and O–H groups in total. The Labute approximate surface area is 191 Å². The Morgan fingerprint density at radius 2 is 1.55 bits per heavy atom. The summed E-state index contributed by atoms with van der Waals surface area (Å²) in [6, 6.07) is 10.4. The molecule has 0 saturated carbocycles. The second kappa shape index (κ2) is 10.8. The van der Waals surface area contributed by atoms with Crippen molar-refractivity contribution in [2.75, 3.05) is 38.2 Å². The number of carbonyl (C=O) groups is 1. The molecule has 7 nitrogen and oxygen atoms in total. The molecular weight excluding hydrogens is 437 g/mol. The fourth-order valence-corrected chi connectivity index (χ4v) is 4.31. The van der Waals surface area contributed by atoms with Crippen LogP contribution >= 0.6 is 0 Å². The number of hydrogen-bond donors (Lipinski definition) is 1. The number of carboxylic acid groups (broad SMARTS) is 1. The lowest BCUT2D eigenvalue weighted by molar-refractivity contribution is -0.192. The van der Waals surface area contributed by atoms with Gasteiger partial charge in [0.1, 0.15) is 5.75 Å². The van der Waals surface area contributed by atoms with Gasteiger partial charge in [0.05, 0.1) is 7.11 Å². The van der Waals surface area contributed by atoms with Crippen LogP contribution in [0.5, 0.6) is 5.75 Å². The van der Waals surface area contributed by atoms with Crippen LogP contribution in [-0.4, -0.2) is 65.4 Å². The number of aliphatic carboxylic acids is 1. The van der Waals surface area contributed by atoms with Crippen molar-refractivity contribution < 1.29 is 27.8 Å². The number of hydrogen-bond acceptors (Lipinski definition) is 6. The van der Waals surface area contributed by atoms with Gasteiger partial charge in [-0.2, -0.15) is 13.2 Å². The van der Waals surface area contributed by atoms with Crippen molar-refractivity contribution in [3.05, 3.63) is 48.3 Å². The van der Waals surface area contributed by atoms with Crippen LogP contribution in [0, 0.1) is 5.41 Å². The summed E-state index contributed by atoms with van der Waals surface area (Å²) in [4.78, 5) is 22.6. The molecular formula is C23H29F3N4O3. The van der Waals surface area contributed by atoms with Gasteiger partial charge >= 0.3 is 12.1 Å². The minimum atomic E-state index is -5.08. The molecule has 2 aliphatic rings. The third-order valence-corrected chi connectivity index (χ3v) is 6.38. The maximum Gasteiger partial charge on any atom is 0.490 e. The summed E-state index contributed by atoms with van der Waals surface area (Å²) in [6.07, 6.45) is 3.75. The molecule has 0 aliphatic carbocycles. The zero-order valence-electron chi connectivity index (χ0n) is 18.6. The second-order valence-electron chi connectivity index (χ2n) is 8.46. The molecule has 2 fully saturated rings. The number of alkyl halides is 3. The highest BCUT2D eigenvalue weighted by Gasteiger charge is 2.39. The Hall–Kier alpha value is -2.88. The molecule has 1 spiro atoms. The van der Waals surface area contributed by atoms with Crippen LogP contribution in [0.15, 0.2) is 42.7 Å². The van der Waals surface area contributed by atoms with Crippen LogP contribution in [0.25, 0.3) is 0 Å². The van der Waals surface area contributed by atoms with Gasteiger partial charge in [-0.05, 0) is 68.0 Å². The van der Waals surface area contributed by atoms with Crippen molar-refractivity contribution in [1.29, 1.82) is 0 Å². The van der Waals surface area contributed by atoms with E-state index in [0.717, 1.165) is 31.3 Å². The quantitative estimate of drug-likeness (QED) is 0.730. The van der Waals surface area contributed by atoms with Gasteiger partial charge in [0.15, 0.2) is 0 Å². The fraction of sp³-hybridized carbons (Fsp3) is 0.522. The van der Waals surface area contributed by atoms with Gasteiger partial charge in [0.25, 0.3) is 0 Å². The highest BCUT2D eigenvalue weighted by atomic mass is 19.4. The van der Waals surface area contributed by atoms with Crippen LogP contribution < -0.4 is 9.64 Å². The summed E-state index contributed by atoms with van der Waals surface area (Å²) < 4.78 is 37.0. The van der Waals surface area contributed by atoms with E-state index >= 15 is 0 Å². The minimum absolute atomic E-state index is 0.529. The van der Waals surface area contributed by atoms with Crippen molar-refractivity contribution in [3.63, 3.8) is 0 Å². The summed E-state index contributed by atoms with van der Waals surface area (Å²) >= 11 is 0. The van der Waals surface area contributed by atoms with Gasteiger partial charge in [-0.3, -0.25) is 4.90 Å². The van der Waals surface area contributed by atoms with E-state index in [9.17, 15) is 13.2 Å². The number of benzene rings is 1. The van der Waals surface area contributed by atoms with Gasteiger partial charge < -0.3 is 14.7 Å². The standard InChI is InChI=1S/C21H28N4O.C2HF3O2/c1-26-19-5-3-18(4-6-19)17-24-13-7-21(8-14-24)9-15-25(16-10-21)20-22-11-2-12-23-20;3-2(4,5)1(6)7/h2-6,11-12H,7-10,13-17H2,1H3;(H,6,7). The predicted octanol–water partition coefficient (Wildman–Crippen LogP) is 4.00. The zero-order chi connectivity index (χ0) is 23.9. The average Bonchev–Trinajstić information content (AvgIpc) is 2.82. The van der Waals surface area contributed by atoms with E-state index < -0.39 is 12.1 Å². The van der Waals surface area contributed by atoms with Crippen LogP contribution in [0.2, 0.25) is 0 Å². The molecule has 2 aliphatic heterocycles. The number of nitrogens with zero attached hydrogens (tertiary/aromatic N) is 4. The number of methoxy groups -OCH3 is 1. The highest BCUT2D eigenvalue weighted by molar-refractivity contribution is 5.73. The van der Waals surface area contributed by atoms with E-state index in [1.165, 1.54) is 44.3 Å². The van der Waals surface area contributed by atoms with Crippen molar-refractivity contribution >= 4 is 11.9 Å². The van der Waals surface area contributed by atoms with Crippen molar-refractivity contribution in [2.24, 2.45) is 5.41 Å². The number of likely N-dealkylation sites (tertiary alicyclic amines) is 1. The first kappa shape index (κ1) is 24.8. The summed E-state index contributed by atoms with van der Waals surface area (Å²) in [7, 11) is 1.72. The Balaban J connectivity index is 0.000000383. The smallest absolute Gasteiger partial charge is 0.490 e. The average molecular weight is 467 g/mol. The molecule has 0 atom stereocenters. The maximum absolute atomic E-state index is 10.6. The number of ether oxygens (including phenoxy) is 1. The first-order valence-corrected chi connectivity index (χ1v) is 10.9. The SMILES string of the molecule is COc1ccc(CN2CCC3(CC2)CCN(c2ncccn2)CC3)cc1.O=C(O)C(F)(F)F. The molecule has 1 aromatic carbocycles. The molecule has 1 aromatic heterocycles. The van der Waals surface area contributed by atoms with Gasteiger partial charge in [0, 0.05) is 32.0 Å². The third-order valence-electron chi connectivity index (χ3n) is 6.38. The summed E-state index contributed by atoms with van der Waals surface area (Å²) in [5, 5.41) is 7.12. The molecule has 0 amide bonds. The van der Waals surface area contributed by atoms with E-state index in [1.807, 2.05) is 18.5 Å². The van der Waals surface area contributed by atoms with E-state index in [-0.39, 0.29) is 0 Å². The molecule has 2 saturated heterocycles. The van der Waals surface area contributed by atoms with Gasteiger partial charge in [0.2, 0.25) is 5.95 Å². The lowest BCUT2D eigenvalue weighted by Crippen LogP contribution is -2.47. The minimum Gasteiger partial charge on any atom is -0.497 e. The summed E-state index contributed by atoms with van der Waals surface area (Å²) in [5.74, 6) is -0.938. The predicted molar refractivity (Wildman–Crippen MR) is 117 cm³/mol. The van der Waals surface area contributed by atoms with Crippen LogP contribution in [0.4, 0.5) is 19.1 Å². The summed E-state index contributed by atoms with van der Waals surface area (Å²) in [5.41, 5.74) is 1.90. The molecule has 4 rings (SSSR count). The highest BCUT2D eigenvalue weighted by Crippen LogP contribution is 2.42. The zero-order valence-corrected chi connectivity index (χ0v) is 18.6. The number of piperidine rings is 2. The van der Waals surface area contributed by atoms with Crippen molar-refractivity contribution in [3.8, 4) is 5.75 Å². The number of rotatable bonds is 4. The number of carboxylic acids is 1. The monoisotopic (exact) mass is 466 g/mol. The van der Waals surface area contributed by atoms with Gasteiger partial charge in [-0.1, -0.05) is 12.1 Å². The molecule has 2 aromatic rings. The molecule has 33 heavy (non-hydrogen) atoms. The molecule has 10 heteroatoms. The van der Waals surface area contributed by atoms with Crippen LogP contribution in [-0.2, 0) is 11.3 Å². The Kier molecular flexibility index (Phi) is 8.12. The van der Waals surface area contributed by atoms with E-state index in [2.05, 4.69) is 44.0 Å². The van der Waals surface area contributed by atoms with Gasteiger partial charge in [-0.25, -0.2) is 14.8 Å². The first-order chi connectivity index (χ1) is 15.7. The first-order valence-electron chi connectivity index (χ1n) is 10.9. The van der Waals surface area contributed by atoms with E-state index in [4.69, 9.17) is 14.6 Å². The molecule has 3 heterocycles. The Morgan fingerprint density at radius 1 is 1.03 bits per heavy atom. The Morgan fingerprint density at radius 3 is 2.03 bits per heavy atom. The molecule has 0 radical (unpaired) electrons. The fourth-order valence-electron chi connectivity index (χ4n) is 4.31. The van der Waals surface area contributed by atoms with Gasteiger partial charge in [-0.15, -0.1) is 0 Å².